The average molecular weight is 198 g/mol. The lowest BCUT2D eigenvalue weighted by atomic mass is 10.4. The molecule has 0 unspecified atom stereocenters. The van der Waals surface area contributed by atoms with Crippen molar-refractivity contribution in [2.24, 2.45) is 10.7 Å². The van der Waals surface area contributed by atoms with Crippen LogP contribution < -0.4 is 17.0 Å². The molecule has 0 aliphatic carbocycles. The molecule has 13 heavy (non-hydrogen) atoms. The van der Waals surface area contributed by atoms with Crippen LogP contribution in [-0.2, 0) is 5.75 Å². The molecule has 68 valence electrons. The van der Waals surface area contributed by atoms with Crippen LogP contribution in [0.25, 0.3) is 0 Å². The third kappa shape index (κ3) is 1.37. The largest absolute Gasteiger partial charge is 0.378 e. The van der Waals surface area contributed by atoms with Crippen LogP contribution in [-0.4, -0.2) is 15.1 Å². The highest BCUT2D eigenvalue weighted by Gasteiger charge is 2.14. The van der Waals surface area contributed by atoms with Gasteiger partial charge < -0.3 is 10.7 Å². The molecule has 0 fully saturated rings. The molecular formula is C6H6N4O2S. The summed E-state index contributed by atoms with van der Waals surface area (Å²) in [5.41, 5.74) is 5.14. The molecule has 0 spiro atoms. The first-order chi connectivity index (χ1) is 6.16. The summed E-state index contributed by atoms with van der Waals surface area (Å²) in [5, 5.41) is 0.338. The maximum atomic E-state index is 11.2. The Morgan fingerprint density at radius 1 is 1.38 bits per heavy atom. The normalized spacial score (nSPS) is 14.9. The number of aromatic nitrogens is 2. The van der Waals surface area contributed by atoms with Crippen LogP contribution in [0.5, 0.6) is 0 Å². The van der Waals surface area contributed by atoms with Crippen LogP contribution in [0.2, 0.25) is 0 Å². The van der Waals surface area contributed by atoms with E-state index in [1.165, 1.54) is 11.8 Å². The zero-order valence-electron chi connectivity index (χ0n) is 6.46. The van der Waals surface area contributed by atoms with E-state index in [1.807, 2.05) is 0 Å². The van der Waals surface area contributed by atoms with Crippen LogP contribution in [0.15, 0.2) is 14.6 Å². The molecule has 0 bridgehead atoms. The summed E-state index contributed by atoms with van der Waals surface area (Å²) in [7, 11) is 0. The standard InChI is InChI=1S/C6H6N4O2S/c7-5-9-3-2(1-13-5)8-6(12)10-4(3)11/h1H2,(H2,7,9)(H2,8,10,11,12). The van der Waals surface area contributed by atoms with E-state index in [1.54, 1.807) is 0 Å². The van der Waals surface area contributed by atoms with Crippen molar-refractivity contribution in [3.05, 3.63) is 26.5 Å². The molecular weight excluding hydrogens is 192 g/mol. The van der Waals surface area contributed by atoms with Crippen molar-refractivity contribution < 1.29 is 0 Å². The van der Waals surface area contributed by atoms with Gasteiger partial charge in [-0.1, -0.05) is 11.8 Å². The topological polar surface area (TPSA) is 104 Å². The predicted octanol–water partition coefficient (Wildman–Crippen LogP) is -0.744. The highest BCUT2D eigenvalue weighted by atomic mass is 32.2. The van der Waals surface area contributed by atoms with E-state index in [0.29, 0.717) is 16.6 Å². The lowest BCUT2D eigenvalue weighted by Gasteiger charge is -2.09. The first kappa shape index (κ1) is 8.11. The van der Waals surface area contributed by atoms with Gasteiger partial charge in [-0.25, -0.2) is 9.79 Å². The third-order valence-corrected chi connectivity index (χ3v) is 2.40. The highest BCUT2D eigenvalue weighted by molar-refractivity contribution is 8.13. The molecule has 0 aromatic carbocycles. The first-order valence-electron chi connectivity index (χ1n) is 3.49. The second-order valence-electron chi connectivity index (χ2n) is 2.47. The van der Waals surface area contributed by atoms with E-state index in [2.05, 4.69) is 15.0 Å². The Morgan fingerprint density at radius 3 is 2.92 bits per heavy atom. The Morgan fingerprint density at radius 2 is 2.15 bits per heavy atom. The van der Waals surface area contributed by atoms with Crippen LogP contribution in [0.4, 0.5) is 5.69 Å². The highest BCUT2D eigenvalue weighted by Crippen LogP contribution is 2.22. The monoisotopic (exact) mass is 198 g/mol. The van der Waals surface area contributed by atoms with Gasteiger partial charge in [0.15, 0.2) is 10.9 Å². The number of H-pyrrole nitrogens is 2. The molecule has 0 radical (unpaired) electrons. The van der Waals surface area contributed by atoms with Crippen LogP contribution in [0.1, 0.15) is 5.69 Å². The molecule has 0 saturated heterocycles. The van der Waals surface area contributed by atoms with Gasteiger partial charge in [-0.2, -0.15) is 0 Å². The molecule has 6 nitrogen and oxygen atoms in total. The lowest BCUT2D eigenvalue weighted by molar-refractivity contribution is 0.981. The fraction of sp³-hybridized carbons (Fsp3) is 0.167. The van der Waals surface area contributed by atoms with Gasteiger partial charge in [0.1, 0.15) is 0 Å². The number of nitrogens with two attached hydrogens (primary N) is 1. The number of amidine groups is 1. The van der Waals surface area contributed by atoms with Gasteiger partial charge >= 0.3 is 5.69 Å². The van der Waals surface area contributed by atoms with Gasteiger partial charge in [0.2, 0.25) is 0 Å². The summed E-state index contributed by atoms with van der Waals surface area (Å²) < 4.78 is 0. The number of fused-ring (bicyclic) bond motifs is 1. The number of rotatable bonds is 0. The minimum atomic E-state index is -0.514. The van der Waals surface area contributed by atoms with E-state index in [4.69, 9.17) is 5.73 Å². The molecule has 1 aromatic rings. The van der Waals surface area contributed by atoms with Gasteiger partial charge in [-0.3, -0.25) is 9.78 Å². The zero-order valence-corrected chi connectivity index (χ0v) is 7.27. The fourth-order valence-electron chi connectivity index (χ4n) is 1.04. The van der Waals surface area contributed by atoms with Gasteiger partial charge in [0, 0.05) is 5.75 Å². The summed E-state index contributed by atoms with van der Waals surface area (Å²) in [6.07, 6.45) is 0. The molecule has 4 N–H and O–H groups in total. The summed E-state index contributed by atoms with van der Waals surface area (Å²) in [6.45, 7) is 0. The molecule has 2 rings (SSSR count). The Kier molecular flexibility index (Phi) is 1.73. The lowest BCUT2D eigenvalue weighted by Crippen LogP contribution is -2.26. The first-order valence-corrected chi connectivity index (χ1v) is 4.48. The van der Waals surface area contributed by atoms with Crippen molar-refractivity contribution >= 4 is 22.6 Å². The number of thioether (sulfide) groups is 1. The second kappa shape index (κ2) is 2.77. The number of nitrogens with zero attached hydrogens (tertiary/aromatic N) is 1. The molecule has 0 atom stereocenters. The van der Waals surface area contributed by atoms with Crippen molar-refractivity contribution in [3.63, 3.8) is 0 Å². The predicted molar refractivity (Wildman–Crippen MR) is 50.3 cm³/mol. The Balaban J connectivity index is 2.75. The van der Waals surface area contributed by atoms with Crippen molar-refractivity contribution in [1.29, 1.82) is 0 Å². The smallest absolute Gasteiger partial charge is 0.326 e. The molecule has 1 aliphatic heterocycles. The van der Waals surface area contributed by atoms with Gasteiger partial charge in [0.05, 0.1) is 5.69 Å². The molecule has 1 aliphatic rings. The molecule has 1 aromatic heterocycles. The molecule has 0 saturated carbocycles. The quantitative estimate of drug-likeness (QED) is 0.510. The Hall–Kier alpha value is -1.50. The van der Waals surface area contributed by atoms with Crippen LogP contribution in [0, 0.1) is 0 Å². The van der Waals surface area contributed by atoms with Crippen molar-refractivity contribution in [2.45, 2.75) is 5.75 Å². The number of hydrogen-bond acceptors (Lipinski definition) is 5. The maximum Gasteiger partial charge on any atom is 0.326 e. The minimum Gasteiger partial charge on any atom is -0.378 e. The molecule has 7 heteroatoms. The van der Waals surface area contributed by atoms with E-state index in [-0.39, 0.29) is 5.69 Å². The molecule has 0 amide bonds. The summed E-state index contributed by atoms with van der Waals surface area (Å²) in [6, 6.07) is 0. The van der Waals surface area contributed by atoms with Crippen molar-refractivity contribution in [1.82, 2.24) is 9.97 Å². The van der Waals surface area contributed by atoms with Crippen LogP contribution >= 0.6 is 11.8 Å². The number of aromatic amines is 2. The summed E-state index contributed by atoms with van der Waals surface area (Å²) in [5.74, 6) is 0.476. The Bertz CT molecular complexity index is 486. The number of nitrogens with one attached hydrogen (secondary N) is 2. The van der Waals surface area contributed by atoms with E-state index in [0.717, 1.165) is 0 Å². The van der Waals surface area contributed by atoms with E-state index >= 15 is 0 Å². The number of aliphatic imine (C=N–C) groups is 1. The van der Waals surface area contributed by atoms with Crippen LogP contribution in [0.3, 0.4) is 0 Å². The van der Waals surface area contributed by atoms with Gasteiger partial charge in [-0.15, -0.1) is 0 Å². The summed E-state index contributed by atoms with van der Waals surface area (Å²) in [4.78, 5) is 30.4. The van der Waals surface area contributed by atoms with Crippen molar-refractivity contribution in [3.8, 4) is 0 Å². The number of hydrogen-bond donors (Lipinski definition) is 3. The zero-order chi connectivity index (χ0) is 9.42. The molecule has 2 heterocycles. The third-order valence-electron chi connectivity index (χ3n) is 1.58. The van der Waals surface area contributed by atoms with Gasteiger partial charge in [0.25, 0.3) is 5.56 Å². The second-order valence-corrected chi connectivity index (χ2v) is 3.47. The Labute approximate surface area is 76.3 Å². The minimum absolute atomic E-state index is 0.204. The maximum absolute atomic E-state index is 11.2. The van der Waals surface area contributed by atoms with Crippen molar-refractivity contribution in [2.75, 3.05) is 0 Å². The summed E-state index contributed by atoms with van der Waals surface area (Å²) >= 11 is 1.28. The van der Waals surface area contributed by atoms with Gasteiger partial charge in [-0.05, 0) is 0 Å². The SMILES string of the molecule is NC1=Nc2c([nH]c(=O)[nH]c2=O)CS1. The van der Waals surface area contributed by atoms with E-state index < -0.39 is 11.2 Å². The fourth-order valence-corrected chi connectivity index (χ4v) is 1.70. The average Bonchev–Trinajstić information content (AvgIpc) is 2.06. The van der Waals surface area contributed by atoms with E-state index in [9.17, 15) is 9.59 Å².